The molecule has 0 heterocycles. The lowest BCUT2D eigenvalue weighted by atomic mass is 9.83. The van der Waals surface area contributed by atoms with E-state index in [0.29, 0.717) is 10.7 Å². The van der Waals surface area contributed by atoms with Crippen molar-refractivity contribution in [1.29, 1.82) is 5.26 Å². The van der Waals surface area contributed by atoms with Gasteiger partial charge in [0.05, 0.1) is 11.6 Å². The van der Waals surface area contributed by atoms with E-state index in [9.17, 15) is 0 Å². The van der Waals surface area contributed by atoms with Crippen molar-refractivity contribution in [2.75, 3.05) is 5.32 Å². The molecule has 0 unspecified atom stereocenters. The van der Waals surface area contributed by atoms with Gasteiger partial charge in [0.1, 0.15) is 0 Å². The zero-order valence-electron chi connectivity index (χ0n) is 11.2. The molecular weight excluding hydrogens is 254 g/mol. The monoisotopic (exact) mass is 273 g/mol. The van der Waals surface area contributed by atoms with Crippen LogP contribution in [0.25, 0.3) is 0 Å². The SMILES string of the molecule is CC1(NC(=S)Nc2ccc(C#N)cc2)CCCCC1. The number of hydrogen-bond donors (Lipinski definition) is 2. The molecule has 0 radical (unpaired) electrons. The lowest BCUT2D eigenvalue weighted by Crippen LogP contribution is -2.48. The highest BCUT2D eigenvalue weighted by Crippen LogP contribution is 2.27. The summed E-state index contributed by atoms with van der Waals surface area (Å²) >= 11 is 5.36. The minimum atomic E-state index is 0.120. The third-order valence-corrected chi connectivity index (χ3v) is 3.85. The Balaban J connectivity index is 1.91. The molecular formula is C15H19N3S. The lowest BCUT2D eigenvalue weighted by molar-refractivity contribution is 0.292. The van der Waals surface area contributed by atoms with Crippen molar-refractivity contribution in [3.05, 3.63) is 29.8 Å². The molecule has 1 aromatic carbocycles. The van der Waals surface area contributed by atoms with Crippen LogP contribution in [0.2, 0.25) is 0 Å². The second kappa shape index (κ2) is 6.03. The molecule has 0 saturated heterocycles. The van der Waals surface area contributed by atoms with E-state index in [1.54, 1.807) is 12.1 Å². The van der Waals surface area contributed by atoms with Gasteiger partial charge in [0.2, 0.25) is 0 Å². The standard InChI is InChI=1S/C15H19N3S/c1-15(9-3-2-4-10-15)18-14(19)17-13-7-5-12(11-16)6-8-13/h5-8H,2-4,9-10H2,1H3,(H2,17,18,19). The summed E-state index contributed by atoms with van der Waals surface area (Å²) < 4.78 is 0. The van der Waals surface area contributed by atoms with Crippen LogP contribution in [0, 0.1) is 11.3 Å². The topological polar surface area (TPSA) is 47.8 Å². The summed E-state index contributed by atoms with van der Waals surface area (Å²) in [4.78, 5) is 0. The Morgan fingerprint density at radius 3 is 2.42 bits per heavy atom. The average Bonchev–Trinajstić information content (AvgIpc) is 2.39. The van der Waals surface area contributed by atoms with E-state index in [0.717, 1.165) is 5.69 Å². The fraction of sp³-hybridized carbons (Fsp3) is 0.467. The number of benzene rings is 1. The molecule has 1 fully saturated rings. The number of rotatable bonds is 2. The second-order valence-corrected chi connectivity index (χ2v) is 5.80. The van der Waals surface area contributed by atoms with Crippen molar-refractivity contribution in [3.8, 4) is 6.07 Å². The highest BCUT2D eigenvalue weighted by molar-refractivity contribution is 7.80. The van der Waals surface area contributed by atoms with Crippen LogP contribution in [0.1, 0.15) is 44.6 Å². The zero-order chi connectivity index (χ0) is 13.7. The molecule has 3 nitrogen and oxygen atoms in total. The normalized spacial score (nSPS) is 17.3. The highest BCUT2D eigenvalue weighted by Gasteiger charge is 2.27. The number of thiocarbonyl (C=S) groups is 1. The van der Waals surface area contributed by atoms with Gasteiger partial charge in [-0.25, -0.2) is 0 Å². The van der Waals surface area contributed by atoms with Crippen molar-refractivity contribution >= 4 is 23.0 Å². The first-order valence-electron chi connectivity index (χ1n) is 6.71. The maximum atomic E-state index is 8.75. The van der Waals surface area contributed by atoms with Crippen LogP contribution in [0.4, 0.5) is 5.69 Å². The summed E-state index contributed by atoms with van der Waals surface area (Å²) in [7, 11) is 0. The molecule has 0 bridgehead atoms. The number of nitriles is 1. The van der Waals surface area contributed by atoms with Crippen LogP contribution < -0.4 is 10.6 Å². The second-order valence-electron chi connectivity index (χ2n) is 5.39. The first-order valence-corrected chi connectivity index (χ1v) is 7.11. The first-order chi connectivity index (χ1) is 9.11. The fourth-order valence-corrected chi connectivity index (χ4v) is 2.89. The minimum Gasteiger partial charge on any atom is -0.357 e. The molecule has 1 aliphatic rings. The van der Waals surface area contributed by atoms with E-state index in [4.69, 9.17) is 17.5 Å². The van der Waals surface area contributed by atoms with Crippen molar-refractivity contribution in [2.24, 2.45) is 0 Å². The molecule has 4 heteroatoms. The van der Waals surface area contributed by atoms with Crippen molar-refractivity contribution in [3.63, 3.8) is 0 Å². The molecule has 1 aromatic rings. The summed E-state index contributed by atoms with van der Waals surface area (Å²) in [5, 5.41) is 16.0. The molecule has 2 N–H and O–H groups in total. The van der Waals surface area contributed by atoms with Gasteiger partial charge in [-0.05, 0) is 56.2 Å². The Labute approximate surface area is 120 Å². The number of nitrogens with zero attached hydrogens (tertiary/aromatic N) is 1. The van der Waals surface area contributed by atoms with E-state index in [2.05, 4.69) is 23.6 Å². The molecule has 2 rings (SSSR count). The molecule has 0 atom stereocenters. The number of nitrogens with one attached hydrogen (secondary N) is 2. The summed E-state index contributed by atoms with van der Waals surface area (Å²) in [6, 6.07) is 9.41. The first kappa shape index (κ1) is 13.8. The molecule has 100 valence electrons. The molecule has 0 amide bonds. The van der Waals surface area contributed by atoms with E-state index in [1.165, 1.54) is 32.1 Å². The summed E-state index contributed by atoms with van der Waals surface area (Å²) in [5.74, 6) is 0. The Morgan fingerprint density at radius 2 is 1.84 bits per heavy atom. The maximum Gasteiger partial charge on any atom is 0.171 e. The van der Waals surface area contributed by atoms with Crippen LogP contribution in [-0.2, 0) is 0 Å². The Hall–Kier alpha value is -1.60. The molecule has 0 spiro atoms. The van der Waals surface area contributed by atoms with Crippen molar-refractivity contribution in [2.45, 2.75) is 44.6 Å². The predicted molar refractivity (Wildman–Crippen MR) is 82.0 cm³/mol. The van der Waals surface area contributed by atoms with Gasteiger partial charge >= 0.3 is 0 Å². The van der Waals surface area contributed by atoms with Gasteiger partial charge in [-0.2, -0.15) is 5.26 Å². The number of anilines is 1. The third-order valence-electron chi connectivity index (χ3n) is 3.64. The van der Waals surface area contributed by atoms with Crippen LogP contribution in [0.15, 0.2) is 24.3 Å². The zero-order valence-corrected chi connectivity index (χ0v) is 12.0. The summed E-state index contributed by atoms with van der Waals surface area (Å²) in [6.45, 7) is 2.24. The van der Waals surface area contributed by atoms with Crippen molar-refractivity contribution < 1.29 is 0 Å². The summed E-state index contributed by atoms with van der Waals surface area (Å²) in [6.07, 6.45) is 6.20. The van der Waals surface area contributed by atoms with Crippen molar-refractivity contribution in [1.82, 2.24) is 5.32 Å². The van der Waals surface area contributed by atoms with Gasteiger partial charge < -0.3 is 10.6 Å². The summed E-state index contributed by atoms with van der Waals surface area (Å²) in [5.41, 5.74) is 1.69. The van der Waals surface area contributed by atoms with Gasteiger partial charge in [0, 0.05) is 11.2 Å². The highest BCUT2D eigenvalue weighted by atomic mass is 32.1. The Bertz CT molecular complexity index is 481. The van der Waals surface area contributed by atoms with Crippen LogP contribution in [-0.4, -0.2) is 10.7 Å². The largest absolute Gasteiger partial charge is 0.357 e. The van der Waals surface area contributed by atoms with Gasteiger partial charge in [0.25, 0.3) is 0 Å². The molecule has 19 heavy (non-hydrogen) atoms. The smallest absolute Gasteiger partial charge is 0.171 e. The lowest BCUT2D eigenvalue weighted by Gasteiger charge is -2.35. The van der Waals surface area contributed by atoms with Gasteiger partial charge in [-0.1, -0.05) is 19.3 Å². The maximum absolute atomic E-state index is 8.75. The fourth-order valence-electron chi connectivity index (χ4n) is 2.52. The van der Waals surface area contributed by atoms with Gasteiger partial charge in [-0.3, -0.25) is 0 Å². The molecule has 1 saturated carbocycles. The molecule has 0 aromatic heterocycles. The predicted octanol–water partition coefficient (Wildman–Crippen LogP) is 3.57. The van der Waals surface area contributed by atoms with E-state index in [-0.39, 0.29) is 5.54 Å². The average molecular weight is 273 g/mol. The van der Waals surface area contributed by atoms with Crippen LogP contribution >= 0.6 is 12.2 Å². The van der Waals surface area contributed by atoms with Crippen LogP contribution in [0.5, 0.6) is 0 Å². The van der Waals surface area contributed by atoms with Gasteiger partial charge in [-0.15, -0.1) is 0 Å². The molecule has 1 aliphatic carbocycles. The van der Waals surface area contributed by atoms with E-state index >= 15 is 0 Å². The minimum absolute atomic E-state index is 0.120. The van der Waals surface area contributed by atoms with E-state index in [1.807, 2.05) is 12.1 Å². The number of hydrogen-bond acceptors (Lipinski definition) is 2. The third kappa shape index (κ3) is 3.93. The van der Waals surface area contributed by atoms with Gasteiger partial charge in [0.15, 0.2) is 5.11 Å². The molecule has 0 aliphatic heterocycles. The Kier molecular flexibility index (Phi) is 4.39. The Morgan fingerprint density at radius 1 is 1.21 bits per heavy atom. The van der Waals surface area contributed by atoms with E-state index < -0.39 is 0 Å². The van der Waals surface area contributed by atoms with Crippen LogP contribution in [0.3, 0.4) is 0 Å². The quantitative estimate of drug-likeness (QED) is 0.809.